The van der Waals surface area contributed by atoms with Crippen LogP contribution in [0.3, 0.4) is 0 Å². The summed E-state index contributed by atoms with van der Waals surface area (Å²) in [5.41, 5.74) is 2.00. The van der Waals surface area contributed by atoms with Crippen LogP contribution in [-0.2, 0) is 0 Å². The molecule has 0 saturated heterocycles. The molecule has 4 nitrogen and oxygen atoms in total. The highest BCUT2D eigenvalue weighted by Crippen LogP contribution is 2.14. The van der Waals surface area contributed by atoms with Crippen LogP contribution in [0, 0.1) is 0 Å². The first kappa shape index (κ1) is 27.6. The lowest BCUT2D eigenvalue weighted by atomic mass is 10.1. The Morgan fingerprint density at radius 3 is 1.24 bits per heavy atom. The average molecular weight is 465 g/mol. The average Bonchev–Trinajstić information content (AvgIpc) is 2.87. The minimum Gasteiger partial charge on any atom is -0.494 e. The van der Waals surface area contributed by atoms with Crippen molar-refractivity contribution in [1.29, 1.82) is 0 Å². The van der Waals surface area contributed by atoms with Crippen LogP contribution in [0.25, 0.3) is 0 Å². The number of hydrogen-bond acceptors (Lipinski definition) is 4. The SMILES string of the molecule is CCCCCCCCOc1ccc(/C=N\N=C\c2ccc(OCCCCCCCC)cc2)cc1. The Kier molecular flexibility index (Phi) is 15.2. The molecule has 0 amide bonds. The molecule has 0 aliphatic rings. The second kappa shape index (κ2) is 18.8. The minimum absolute atomic E-state index is 0.784. The van der Waals surface area contributed by atoms with E-state index in [0.717, 1.165) is 48.7 Å². The Hall–Kier alpha value is -2.62. The van der Waals surface area contributed by atoms with Crippen LogP contribution in [0.5, 0.6) is 11.5 Å². The van der Waals surface area contributed by atoms with Gasteiger partial charge in [0, 0.05) is 0 Å². The van der Waals surface area contributed by atoms with Gasteiger partial charge in [0.15, 0.2) is 0 Å². The smallest absolute Gasteiger partial charge is 0.119 e. The molecule has 0 fully saturated rings. The zero-order chi connectivity index (χ0) is 24.1. The van der Waals surface area contributed by atoms with E-state index in [1.165, 1.54) is 64.2 Å². The largest absolute Gasteiger partial charge is 0.494 e. The molecule has 0 unspecified atom stereocenters. The van der Waals surface area contributed by atoms with E-state index in [4.69, 9.17) is 9.47 Å². The van der Waals surface area contributed by atoms with E-state index in [1.54, 1.807) is 12.4 Å². The van der Waals surface area contributed by atoms with Crippen molar-refractivity contribution in [3.05, 3.63) is 59.7 Å². The van der Waals surface area contributed by atoms with Crippen LogP contribution in [0.4, 0.5) is 0 Å². The predicted molar refractivity (Wildman–Crippen MR) is 146 cm³/mol. The molecule has 0 N–H and O–H groups in total. The normalized spacial score (nSPS) is 11.5. The molecule has 0 aliphatic carbocycles. The quantitative estimate of drug-likeness (QED) is 0.119. The van der Waals surface area contributed by atoms with Gasteiger partial charge in [-0.25, -0.2) is 0 Å². The maximum atomic E-state index is 5.83. The third-order valence-corrected chi connectivity index (χ3v) is 5.77. The van der Waals surface area contributed by atoms with Gasteiger partial charge in [0.2, 0.25) is 0 Å². The van der Waals surface area contributed by atoms with Crippen LogP contribution in [0.15, 0.2) is 58.7 Å². The van der Waals surface area contributed by atoms with Gasteiger partial charge in [-0.2, -0.15) is 10.2 Å². The first-order chi connectivity index (χ1) is 16.8. The summed E-state index contributed by atoms with van der Waals surface area (Å²) in [7, 11) is 0. The van der Waals surface area contributed by atoms with Gasteiger partial charge in [0.25, 0.3) is 0 Å². The topological polar surface area (TPSA) is 43.2 Å². The van der Waals surface area contributed by atoms with E-state index < -0.39 is 0 Å². The summed E-state index contributed by atoms with van der Waals surface area (Å²) in [6, 6.07) is 16.0. The first-order valence-electron chi connectivity index (χ1n) is 13.3. The summed E-state index contributed by atoms with van der Waals surface area (Å²) >= 11 is 0. The summed E-state index contributed by atoms with van der Waals surface area (Å²) in [5.74, 6) is 1.82. The fourth-order valence-electron chi connectivity index (χ4n) is 3.65. The van der Waals surface area contributed by atoms with Crippen molar-refractivity contribution in [3.63, 3.8) is 0 Å². The summed E-state index contributed by atoms with van der Waals surface area (Å²) in [6.45, 7) is 6.06. The summed E-state index contributed by atoms with van der Waals surface area (Å²) in [4.78, 5) is 0. The number of ether oxygens (including phenoxy) is 2. The van der Waals surface area contributed by atoms with Crippen LogP contribution in [0.1, 0.15) is 102 Å². The molecule has 186 valence electrons. The van der Waals surface area contributed by atoms with E-state index in [2.05, 4.69) is 24.1 Å². The van der Waals surface area contributed by atoms with E-state index in [9.17, 15) is 0 Å². The molecule has 0 aliphatic heterocycles. The van der Waals surface area contributed by atoms with Crippen molar-refractivity contribution in [3.8, 4) is 11.5 Å². The predicted octanol–water partition coefficient (Wildman–Crippen LogP) is 8.62. The summed E-state index contributed by atoms with van der Waals surface area (Å²) in [5, 5.41) is 8.33. The molecule has 0 radical (unpaired) electrons. The van der Waals surface area contributed by atoms with Gasteiger partial charge < -0.3 is 9.47 Å². The van der Waals surface area contributed by atoms with Crippen molar-refractivity contribution in [2.45, 2.75) is 90.9 Å². The molecule has 2 rings (SSSR count). The fourth-order valence-corrected chi connectivity index (χ4v) is 3.65. The highest BCUT2D eigenvalue weighted by atomic mass is 16.5. The van der Waals surface area contributed by atoms with Crippen LogP contribution in [-0.4, -0.2) is 25.6 Å². The molecule has 0 heterocycles. The van der Waals surface area contributed by atoms with Crippen molar-refractivity contribution in [2.24, 2.45) is 10.2 Å². The molecular weight excluding hydrogens is 420 g/mol. The van der Waals surface area contributed by atoms with Crippen molar-refractivity contribution >= 4 is 12.4 Å². The zero-order valence-electron chi connectivity index (χ0n) is 21.4. The zero-order valence-corrected chi connectivity index (χ0v) is 21.4. The molecule has 0 bridgehead atoms. The Morgan fingerprint density at radius 2 is 0.853 bits per heavy atom. The maximum Gasteiger partial charge on any atom is 0.119 e. The molecule has 2 aromatic carbocycles. The highest BCUT2D eigenvalue weighted by Gasteiger charge is 1.97. The Balaban J connectivity index is 1.62. The first-order valence-corrected chi connectivity index (χ1v) is 13.3. The second-order valence-corrected chi connectivity index (χ2v) is 8.86. The Bertz CT molecular complexity index is 728. The molecule has 0 saturated carbocycles. The second-order valence-electron chi connectivity index (χ2n) is 8.86. The lowest BCUT2D eigenvalue weighted by Crippen LogP contribution is -1.97. The van der Waals surface area contributed by atoms with Gasteiger partial charge in [-0.3, -0.25) is 0 Å². The van der Waals surface area contributed by atoms with Gasteiger partial charge in [-0.1, -0.05) is 78.1 Å². The minimum atomic E-state index is 0.784. The molecule has 4 heteroatoms. The third-order valence-electron chi connectivity index (χ3n) is 5.77. The fraction of sp³-hybridized carbons (Fsp3) is 0.533. The van der Waals surface area contributed by atoms with Crippen LogP contribution in [0.2, 0.25) is 0 Å². The number of nitrogens with zero attached hydrogens (tertiary/aromatic N) is 2. The van der Waals surface area contributed by atoms with Gasteiger partial charge in [-0.15, -0.1) is 0 Å². The Morgan fingerprint density at radius 1 is 0.500 bits per heavy atom. The third kappa shape index (κ3) is 13.2. The molecular formula is C30H44N2O2. The van der Waals surface area contributed by atoms with E-state index in [0.29, 0.717) is 0 Å². The van der Waals surface area contributed by atoms with Crippen molar-refractivity contribution in [2.75, 3.05) is 13.2 Å². The number of hydrogen-bond donors (Lipinski definition) is 0. The maximum absolute atomic E-state index is 5.83. The van der Waals surface area contributed by atoms with Gasteiger partial charge >= 0.3 is 0 Å². The van der Waals surface area contributed by atoms with Gasteiger partial charge in [0.05, 0.1) is 25.6 Å². The van der Waals surface area contributed by atoms with Crippen molar-refractivity contribution in [1.82, 2.24) is 0 Å². The molecule has 0 aromatic heterocycles. The summed E-state index contributed by atoms with van der Waals surface area (Å²) < 4.78 is 11.7. The molecule has 0 spiro atoms. The number of benzene rings is 2. The monoisotopic (exact) mass is 464 g/mol. The molecule has 0 atom stereocenters. The van der Waals surface area contributed by atoms with E-state index in [1.807, 2.05) is 48.5 Å². The lowest BCUT2D eigenvalue weighted by molar-refractivity contribution is 0.304. The van der Waals surface area contributed by atoms with E-state index >= 15 is 0 Å². The van der Waals surface area contributed by atoms with Crippen molar-refractivity contribution < 1.29 is 9.47 Å². The van der Waals surface area contributed by atoms with E-state index in [-0.39, 0.29) is 0 Å². The Labute approximate surface area is 207 Å². The standard InChI is InChI=1S/C30H44N2O2/c1-3-5-7-9-11-13-23-33-29-19-15-27(16-20-29)25-31-32-26-28-17-21-30(22-18-28)34-24-14-12-10-8-6-4-2/h15-22,25-26H,3-14,23-24H2,1-2H3/b31-25-,32-26+. The lowest BCUT2D eigenvalue weighted by Gasteiger charge is -2.06. The summed E-state index contributed by atoms with van der Waals surface area (Å²) in [6.07, 6.45) is 18.8. The molecule has 34 heavy (non-hydrogen) atoms. The number of unbranched alkanes of at least 4 members (excludes halogenated alkanes) is 10. The molecule has 2 aromatic rings. The van der Waals surface area contributed by atoms with Crippen LogP contribution >= 0.6 is 0 Å². The highest BCUT2D eigenvalue weighted by molar-refractivity contribution is 5.82. The van der Waals surface area contributed by atoms with Crippen LogP contribution < -0.4 is 9.47 Å². The van der Waals surface area contributed by atoms with Gasteiger partial charge in [-0.05, 0) is 72.5 Å². The number of rotatable bonds is 19. The van der Waals surface area contributed by atoms with Gasteiger partial charge in [0.1, 0.15) is 11.5 Å².